The van der Waals surface area contributed by atoms with Crippen LogP contribution in [-0.4, -0.2) is 44.7 Å². The van der Waals surface area contributed by atoms with E-state index in [-0.39, 0.29) is 11.8 Å². The second-order valence-electron chi connectivity index (χ2n) is 7.23. The summed E-state index contributed by atoms with van der Waals surface area (Å²) >= 11 is 0. The first kappa shape index (κ1) is 20.2. The molecule has 0 saturated carbocycles. The lowest BCUT2D eigenvalue weighted by molar-refractivity contribution is -0.126. The average Bonchev–Trinajstić information content (AvgIpc) is 2.74. The van der Waals surface area contributed by atoms with E-state index in [1.165, 1.54) is 5.56 Å². The predicted molar refractivity (Wildman–Crippen MR) is 111 cm³/mol. The van der Waals surface area contributed by atoms with Crippen LogP contribution in [0.15, 0.2) is 48.5 Å². The Labute approximate surface area is 167 Å². The first-order valence-corrected chi connectivity index (χ1v) is 9.95. The molecule has 0 unspecified atom stereocenters. The maximum atomic E-state index is 12.5. The molecule has 1 saturated heterocycles. The van der Waals surface area contributed by atoms with Crippen molar-refractivity contribution in [3.63, 3.8) is 0 Å². The van der Waals surface area contributed by atoms with Crippen LogP contribution in [0.2, 0.25) is 0 Å². The third-order valence-corrected chi connectivity index (χ3v) is 5.39. The summed E-state index contributed by atoms with van der Waals surface area (Å²) in [5.41, 5.74) is 2.37. The number of amides is 1. The van der Waals surface area contributed by atoms with Crippen molar-refractivity contribution in [3.8, 4) is 11.5 Å². The second-order valence-corrected chi connectivity index (χ2v) is 7.23. The Morgan fingerprint density at radius 2 is 1.79 bits per heavy atom. The molecule has 0 spiro atoms. The van der Waals surface area contributed by atoms with E-state index in [4.69, 9.17) is 9.47 Å². The van der Waals surface area contributed by atoms with Gasteiger partial charge in [-0.25, -0.2) is 0 Å². The number of para-hydroxylation sites is 1. The Balaban J connectivity index is 1.45. The van der Waals surface area contributed by atoms with Crippen LogP contribution in [0.4, 0.5) is 0 Å². The number of carbonyl (C=O) groups is 1. The fourth-order valence-electron chi connectivity index (χ4n) is 3.79. The van der Waals surface area contributed by atoms with Crippen molar-refractivity contribution in [1.82, 2.24) is 10.2 Å². The van der Waals surface area contributed by atoms with Gasteiger partial charge in [-0.15, -0.1) is 0 Å². The minimum Gasteiger partial charge on any atom is -0.493 e. The predicted octanol–water partition coefficient (Wildman–Crippen LogP) is 3.27. The van der Waals surface area contributed by atoms with Crippen molar-refractivity contribution in [2.45, 2.75) is 25.8 Å². The number of carbonyl (C=O) groups excluding carboxylic acids is 1. The highest BCUT2D eigenvalue weighted by molar-refractivity contribution is 5.78. The minimum atomic E-state index is 0.110. The lowest BCUT2D eigenvalue weighted by atomic mass is 9.95. The normalized spacial score (nSPS) is 15.2. The van der Waals surface area contributed by atoms with Gasteiger partial charge in [0.1, 0.15) is 0 Å². The van der Waals surface area contributed by atoms with Crippen molar-refractivity contribution in [2.75, 3.05) is 33.9 Å². The topological polar surface area (TPSA) is 50.8 Å². The van der Waals surface area contributed by atoms with Crippen molar-refractivity contribution in [2.24, 2.45) is 5.92 Å². The maximum absolute atomic E-state index is 12.5. The molecule has 3 rings (SSSR count). The Kier molecular flexibility index (Phi) is 7.31. The monoisotopic (exact) mass is 382 g/mol. The third-order valence-electron chi connectivity index (χ3n) is 5.39. The molecule has 5 nitrogen and oxygen atoms in total. The number of hydrogen-bond acceptors (Lipinski definition) is 4. The minimum absolute atomic E-state index is 0.110. The number of methoxy groups -OCH3 is 2. The molecule has 1 amide bonds. The van der Waals surface area contributed by atoms with Gasteiger partial charge in [-0.2, -0.15) is 0 Å². The lowest BCUT2D eigenvalue weighted by Crippen LogP contribution is -2.40. The van der Waals surface area contributed by atoms with E-state index in [1.54, 1.807) is 14.2 Å². The number of benzene rings is 2. The largest absolute Gasteiger partial charge is 0.493 e. The molecular formula is C23H30N2O3. The van der Waals surface area contributed by atoms with Gasteiger partial charge in [0.25, 0.3) is 0 Å². The lowest BCUT2D eigenvalue weighted by Gasteiger charge is -2.31. The van der Waals surface area contributed by atoms with E-state index in [0.717, 1.165) is 56.0 Å². The molecule has 1 heterocycles. The molecule has 2 aromatic carbocycles. The summed E-state index contributed by atoms with van der Waals surface area (Å²) < 4.78 is 10.9. The molecule has 1 N–H and O–H groups in total. The Morgan fingerprint density at radius 1 is 1.04 bits per heavy atom. The summed E-state index contributed by atoms with van der Waals surface area (Å²) in [4.78, 5) is 14.9. The van der Waals surface area contributed by atoms with E-state index in [1.807, 2.05) is 30.3 Å². The van der Waals surface area contributed by atoms with Crippen LogP contribution in [-0.2, 0) is 17.8 Å². The highest BCUT2D eigenvalue weighted by Gasteiger charge is 2.25. The van der Waals surface area contributed by atoms with Crippen LogP contribution in [0.5, 0.6) is 11.5 Å². The van der Waals surface area contributed by atoms with E-state index < -0.39 is 0 Å². The number of nitrogens with one attached hydrogen (secondary N) is 1. The highest BCUT2D eigenvalue weighted by atomic mass is 16.5. The molecule has 0 aromatic heterocycles. The Hall–Kier alpha value is -2.53. The Bertz CT molecular complexity index is 756. The van der Waals surface area contributed by atoms with Crippen molar-refractivity contribution < 1.29 is 14.3 Å². The zero-order valence-corrected chi connectivity index (χ0v) is 16.8. The van der Waals surface area contributed by atoms with Crippen LogP contribution < -0.4 is 14.8 Å². The van der Waals surface area contributed by atoms with Gasteiger partial charge in [-0.05, 0) is 44.0 Å². The molecule has 2 aromatic rings. The second kappa shape index (κ2) is 10.1. The van der Waals surface area contributed by atoms with E-state index in [2.05, 4.69) is 28.4 Å². The molecule has 1 aliphatic rings. The van der Waals surface area contributed by atoms with Gasteiger partial charge in [-0.3, -0.25) is 9.69 Å². The number of ether oxygens (including phenoxy) is 2. The van der Waals surface area contributed by atoms with Crippen molar-refractivity contribution in [1.29, 1.82) is 0 Å². The van der Waals surface area contributed by atoms with E-state index >= 15 is 0 Å². The number of hydrogen-bond donors (Lipinski definition) is 1. The van der Waals surface area contributed by atoms with Crippen LogP contribution >= 0.6 is 0 Å². The van der Waals surface area contributed by atoms with Crippen molar-refractivity contribution >= 4 is 5.91 Å². The standard InChI is InChI=1S/C23H30N2O3/c1-27-21-10-6-9-20(22(21)28-2)17-25-15-12-19(13-16-25)23(26)24-14-11-18-7-4-3-5-8-18/h3-10,19H,11-17H2,1-2H3,(H,24,26). The molecule has 0 bridgehead atoms. The fraction of sp³-hybridized carbons (Fsp3) is 0.435. The van der Waals surface area contributed by atoms with E-state index in [9.17, 15) is 4.79 Å². The zero-order valence-electron chi connectivity index (χ0n) is 16.8. The molecule has 1 aliphatic heterocycles. The van der Waals surface area contributed by atoms with Crippen LogP contribution in [0.1, 0.15) is 24.0 Å². The van der Waals surface area contributed by atoms with Gasteiger partial charge in [0, 0.05) is 24.6 Å². The van der Waals surface area contributed by atoms with Crippen molar-refractivity contribution in [3.05, 3.63) is 59.7 Å². The summed E-state index contributed by atoms with van der Waals surface area (Å²) in [5, 5.41) is 3.10. The molecule has 150 valence electrons. The summed E-state index contributed by atoms with van der Waals surface area (Å²) in [5.74, 6) is 1.85. The van der Waals surface area contributed by atoms with Gasteiger partial charge in [-0.1, -0.05) is 42.5 Å². The summed E-state index contributed by atoms with van der Waals surface area (Å²) in [6, 6.07) is 16.2. The van der Waals surface area contributed by atoms with Crippen LogP contribution in [0.3, 0.4) is 0 Å². The molecular weight excluding hydrogens is 352 g/mol. The number of likely N-dealkylation sites (tertiary alicyclic amines) is 1. The first-order valence-electron chi connectivity index (χ1n) is 9.95. The molecule has 1 fully saturated rings. The number of piperidine rings is 1. The maximum Gasteiger partial charge on any atom is 0.223 e. The summed E-state index contributed by atoms with van der Waals surface area (Å²) in [7, 11) is 3.33. The van der Waals surface area contributed by atoms with Gasteiger partial charge in [0.2, 0.25) is 5.91 Å². The molecule has 28 heavy (non-hydrogen) atoms. The van der Waals surface area contributed by atoms with Gasteiger partial charge in [0.15, 0.2) is 11.5 Å². The average molecular weight is 383 g/mol. The van der Waals surface area contributed by atoms with Crippen LogP contribution in [0, 0.1) is 5.92 Å². The SMILES string of the molecule is COc1cccc(CN2CCC(C(=O)NCCc3ccccc3)CC2)c1OC. The number of nitrogens with zero attached hydrogens (tertiary/aromatic N) is 1. The fourth-order valence-corrected chi connectivity index (χ4v) is 3.79. The highest BCUT2D eigenvalue weighted by Crippen LogP contribution is 2.32. The molecule has 5 heteroatoms. The van der Waals surface area contributed by atoms with Gasteiger partial charge >= 0.3 is 0 Å². The third kappa shape index (κ3) is 5.26. The first-order chi connectivity index (χ1) is 13.7. The summed E-state index contributed by atoms with van der Waals surface area (Å²) in [6.45, 7) is 3.33. The molecule has 0 atom stereocenters. The quantitative estimate of drug-likeness (QED) is 0.761. The summed E-state index contributed by atoms with van der Waals surface area (Å²) in [6.07, 6.45) is 2.66. The molecule has 0 aliphatic carbocycles. The van der Waals surface area contributed by atoms with Gasteiger partial charge < -0.3 is 14.8 Å². The number of rotatable bonds is 8. The molecule has 0 radical (unpaired) electrons. The van der Waals surface area contributed by atoms with Crippen LogP contribution in [0.25, 0.3) is 0 Å². The smallest absolute Gasteiger partial charge is 0.223 e. The van der Waals surface area contributed by atoms with Gasteiger partial charge in [0.05, 0.1) is 14.2 Å². The van der Waals surface area contributed by atoms with E-state index in [0.29, 0.717) is 6.54 Å². The zero-order chi connectivity index (χ0) is 19.8. The Morgan fingerprint density at radius 3 is 2.46 bits per heavy atom.